The van der Waals surface area contributed by atoms with Crippen LogP contribution in [0.15, 0.2) is 17.8 Å². The minimum Gasteiger partial charge on any atom is -0.365 e. The number of nitrogens with one attached hydrogen (secondary N) is 2. The van der Waals surface area contributed by atoms with Gasteiger partial charge in [-0.05, 0) is 6.42 Å². The first kappa shape index (κ1) is 13.8. The number of hydrogen-bond acceptors (Lipinski definition) is 5. The van der Waals surface area contributed by atoms with E-state index in [1.165, 1.54) is 11.3 Å². The van der Waals surface area contributed by atoms with Crippen molar-refractivity contribution in [2.45, 2.75) is 13.0 Å². The van der Waals surface area contributed by atoms with Gasteiger partial charge in [0.25, 0.3) is 5.91 Å². The van der Waals surface area contributed by atoms with Gasteiger partial charge < -0.3 is 10.6 Å². The maximum atomic E-state index is 11.8. The van der Waals surface area contributed by atoms with E-state index in [0.29, 0.717) is 23.8 Å². The monoisotopic (exact) mass is 299 g/mol. The van der Waals surface area contributed by atoms with Gasteiger partial charge in [-0.15, -0.1) is 11.3 Å². The molecule has 0 spiro atoms. The lowest BCUT2D eigenvalue weighted by atomic mass is 10.4. The van der Waals surface area contributed by atoms with Crippen LogP contribution < -0.4 is 10.6 Å². The maximum absolute atomic E-state index is 11.8. The maximum Gasteiger partial charge on any atom is 0.270 e. The third kappa shape index (κ3) is 3.93. The van der Waals surface area contributed by atoms with Crippen molar-refractivity contribution in [2.24, 2.45) is 0 Å². The molecule has 2 N–H and O–H groups in total. The lowest BCUT2D eigenvalue weighted by Crippen LogP contribution is -2.25. The van der Waals surface area contributed by atoms with Crippen LogP contribution in [0.3, 0.4) is 0 Å². The Kier molecular flexibility index (Phi) is 4.75. The fourth-order valence-electron chi connectivity index (χ4n) is 1.49. The molecule has 0 saturated heterocycles. The molecule has 0 saturated carbocycles. The van der Waals surface area contributed by atoms with Crippen LogP contribution >= 0.6 is 22.9 Å². The van der Waals surface area contributed by atoms with Gasteiger partial charge in [0.2, 0.25) is 0 Å². The number of aromatic nitrogens is 3. The van der Waals surface area contributed by atoms with Gasteiger partial charge in [0.1, 0.15) is 5.69 Å². The Balaban J connectivity index is 1.72. The molecule has 0 aliphatic carbocycles. The van der Waals surface area contributed by atoms with E-state index in [1.54, 1.807) is 29.5 Å². The van der Waals surface area contributed by atoms with Gasteiger partial charge in [-0.25, -0.2) is 4.98 Å². The normalized spacial score (nSPS) is 10.4. The number of thiazole rings is 1. The van der Waals surface area contributed by atoms with Crippen molar-refractivity contribution >= 4 is 34.0 Å². The zero-order chi connectivity index (χ0) is 13.7. The predicted molar refractivity (Wildman–Crippen MR) is 75.8 cm³/mol. The van der Waals surface area contributed by atoms with Crippen molar-refractivity contribution in [1.82, 2.24) is 20.1 Å². The molecule has 0 unspecified atom stereocenters. The number of hydrogen-bond donors (Lipinski definition) is 2. The molecule has 6 nitrogen and oxygen atoms in total. The van der Waals surface area contributed by atoms with Gasteiger partial charge in [-0.3, -0.25) is 9.48 Å². The molecule has 0 fully saturated rings. The highest BCUT2D eigenvalue weighted by Crippen LogP contribution is 2.13. The van der Waals surface area contributed by atoms with E-state index in [1.807, 2.05) is 0 Å². The Morgan fingerprint density at radius 2 is 2.42 bits per heavy atom. The van der Waals surface area contributed by atoms with Crippen LogP contribution in [0, 0.1) is 0 Å². The molecule has 2 aromatic rings. The zero-order valence-corrected chi connectivity index (χ0v) is 12.0. The smallest absolute Gasteiger partial charge is 0.270 e. The third-order valence-corrected chi connectivity index (χ3v) is 3.46. The van der Waals surface area contributed by atoms with Crippen molar-refractivity contribution < 1.29 is 4.79 Å². The highest BCUT2D eigenvalue weighted by atomic mass is 35.5. The summed E-state index contributed by atoms with van der Waals surface area (Å²) in [4.78, 5) is 15.9. The Morgan fingerprint density at radius 1 is 1.58 bits per heavy atom. The fraction of sp³-hybridized carbons (Fsp3) is 0.364. The molecule has 0 aromatic carbocycles. The van der Waals surface area contributed by atoms with Crippen LogP contribution in [0.4, 0.5) is 5.13 Å². The van der Waals surface area contributed by atoms with Crippen molar-refractivity contribution in [2.75, 3.05) is 18.9 Å². The van der Waals surface area contributed by atoms with E-state index in [-0.39, 0.29) is 5.91 Å². The summed E-state index contributed by atoms with van der Waals surface area (Å²) >= 11 is 7.16. The molecule has 2 rings (SSSR count). The summed E-state index contributed by atoms with van der Waals surface area (Å²) in [6.45, 7) is 1.29. The van der Waals surface area contributed by atoms with Crippen LogP contribution in [-0.2, 0) is 6.54 Å². The third-order valence-electron chi connectivity index (χ3n) is 2.40. The number of amides is 1. The summed E-state index contributed by atoms with van der Waals surface area (Å²) in [6, 6.07) is 0. The molecular formula is C11H14ClN5OS. The first-order valence-corrected chi connectivity index (χ1v) is 7.04. The number of anilines is 1. The van der Waals surface area contributed by atoms with Gasteiger partial charge in [-0.2, -0.15) is 5.10 Å². The predicted octanol–water partition coefficient (Wildman–Crippen LogP) is 1.85. The summed E-state index contributed by atoms with van der Waals surface area (Å²) in [5, 5.41) is 12.9. The number of carbonyl (C=O) groups is 1. The lowest BCUT2D eigenvalue weighted by Gasteiger charge is -2.03. The highest BCUT2D eigenvalue weighted by molar-refractivity contribution is 7.13. The second-order valence-electron chi connectivity index (χ2n) is 3.82. The van der Waals surface area contributed by atoms with Crippen LogP contribution in [0.2, 0.25) is 5.02 Å². The van der Waals surface area contributed by atoms with Gasteiger partial charge in [0, 0.05) is 31.7 Å². The standard InChI is InChI=1S/C11H14ClN5OS/c1-13-11-16-9(7-19-11)10(18)14-3-2-4-17-6-8(12)5-15-17/h5-7H,2-4H2,1H3,(H,13,16)(H,14,18). The molecular weight excluding hydrogens is 286 g/mol. The summed E-state index contributed by atoms with van der Waals surface area (Å²) in [5.74, 6) is -0.156. The van der Waals surface area contributed by atoms with Crippen molar-refractivity contribution in [1.29, 1.82) is 0 Å². The summed E-state index contributed by atoms with van der Waals surface area (Å²) in [6.07, 6.45) is 4.13. The van der Waals surface area contributed by atoms with Crippen LogP contribution in [0.5, 0.6) is 0 Å². The molecule has 0 radical (unpaired) electrons. The number of aryl methyl sites for hydroxylation is 1. The van der Waals surface area contributed by atoms with E-state index in [4.69, 9.17) is 11.6 Å². The molecule has 2 aromatic heterocycles. The van der Waals surface area contributed by atoms with Crippen molar-refractivity contribution in [3.63, 3.8) is 0 Å². The van der Waals surface area contributed by atoms with Gasteiger partial charge in [-0.1, -0.05) is 11.6 Å². The minimum absolute atomic E-state index is 0.156. The summed E-state index contributed by atoms with van der Waals surface area (Å²) < 4.78 is 1.75. The van der Waals surface area contributed by atoms with Gasteiger partial charge in [0.05, 0.1) is 11.2 Å². The number of nitrogens with zero attached hydrogens (tertiary/aromatic N) is 3. The Hall–Kier alpha value is -1.60. The average Bonchev–Trinajstić information content (AvgIpc) is 3.03. The second kappa shape index (κ2) is 6.53. The Morgan fingerprint density at radius 3 is 3.05 bits per heavy atom. The first-order chi connectivity index (χ1) is 9.19. The summed E-state index contributed by atoms with van der Waals surface area (Å²) in [5.41, 5.74) is 0.441. The Bertz CT molecular complexity index is 553. The van der Waals surface area contributed by atoms with Gasteiger partial charge >= 0.3 is 0 Å². The molecule has 0 bridgehead atoms. The van der Waals surface area contributed by atoms with Crippen LogP contribution in [-0.4, -0.2) is 34.3 Å². The molecule has 0 aliphatic rings. The van der Waals surface area contributed by atoms with Crippen molar-refractivity contribution in [3.8, 4) is 0 Å². The number of carbonyl (C=O) groups excluding carboxylic acids is 1. The average molecular weight is 300 g/mol. The minimum atomic E-state index is -0.156. The van der Waals surface area contributed by atoms with E-state index in [0.717, 1.165) is 11.6 Å². The van der Waals surface area contributed by atoms with Gasteiger partial charge in [0.15, 0.2) is 5.13 Å². The molecule has 0 atom stereocenters. The quantitative estimate of drug-likeness (QED) is 0.799. The van der Waals surface area contributed by atoms with Crippen LogP contribution in [0.25, 0.3) is 0 Å². The fourth-order valence-corrected chi connectivity index (χ4v) is 2.30. The van der Waals surface area contributed by atoms with Crippen LogP contribution in [0.1, 0.15) is 16.9 Å². The van der Waals surface area contributed by atoms with Crippen molar-refractivity contribution in [3.05, 3.63) is 28.5 Å². The number of rotatable bonds is 6. The number of halogens is 1. The molecule has 1 amide bonds. The lowest BCUT2D eigenvalue weighted by molar-refractivity contribution is 0.0948. The SMILES string of the molecule is CNc1nc(C(=O)NCCCn2cc(Cl)cn2)cs1. The van der Waals surface area contributed by atoms with E-state index >= 15 is 0 Å². The largest absolute Gasteiger partial charge is 0.365 e. The molecule has 2 heterocycles. The van der Waals surface area contributed by atoms with E-state index < -0.39 is 0 Å². The molecule has 8 heteroatoms. The second-order valence-corrected chi connectivity index (χ2v) is 5.11. The Labute approximate surface area is 119 Å². The molecule has 0 aliphatic heterocycles. The topological polar surface area (TPSA) is 71.8 Å². The summed E-state index contributed by atoms with van der Waals surface area (Å²) in [7, 11) is 1.77. The molecule has 102 valence electrons. The van der Waals surface area contributed by atoms with E-state index in [9.17, 15) is 4.79 Å². The zero-order valence-electron chi connectivity index (χ0n) is 10.4. The highest BCUT2D eigenvalue weighted by Gasteiger charge is 2.09. The van der Waals surface area contributed by atoms with E-state index in [2.05, 4.69) is 20.7 Å². The first-order valence-electron chi connectivity index (χ1n) is 5.78. The molecule has 19 heavy (non-hydrogen) atoms.